The van der Waals surface area contributed by atoms with Gasteiger partial charge in [0.2, 0.25) is 5.95 Å². The van der Waals surface area contributed by atoms with Crippen LogP contribution in [0.1, 0.15) is 0 Å². The van der Waals surface area contributed by atoms with Crippen LogP contribution in [0.15, 0.2) is 35.1 Å². The highest BCUT2D eigenvalue weighted by atomic mass is 35.5. The van der Waals surface area contributed by atoms with Crippen LogP contribution in [-0.2, 0) is 0 Å². The Kier molecular flexibility index (Phi) is 4.57. The summed E-state index contributed by atoms with van der Waals surface area (Å²) in [6.07, 6.45) is 3.49. The minimum absolute atomic E-state index is 0.357. The van der Waals surface area contributed by atoms with Crippen LogP contribution in [0.5, 0.6) is 0 Å². The molecule has 0 atom stereocenters. The second kappa shape index (κ2) is 6.38. The topological polar surface area (TPSA) is 70.6 Å². The van der Waals surface area contributed by atoms with E-state index in [1.807, 2.05) is 11.0 Å². The number of hydrogen-bond donors (Lipinski definition) is 1. The third-order valence-electron chi connectivity index (χ3n) is 2.85. The van der Waals surface area contributed by atoms with Gasteiger partial charge in [-0.05, 0) is 6.07 Å². The van der Waals surface area contributed by atoms with E-state index in [4.69, 9.17) is 17.3 Å². The number of hydrogen-bond acceptors (Lipinski definition) is 4. The Hall–Kier alpha value is -1.82. The minimum Gasteiger partial charge on any atom is -0.370 e. The molecule has 0 aliphatic carbocycles. The van der Waals surface area contributed by atoms with E-state index in [9.17, 15) is 0 Å². The molecule has 19 heavy (non-hydrogen) atoms. The van der Waals surface area contributed by atoms with E-state index in [-0.39, 0.29) is 0 Å². The van der Waals surface area contributed by atoms with Crippen LogP contribution in [-0.4, -0.2) is 53.6 Å². The second-order valence-electron chi connectivity index (χ2n) is 4.21. The highest BCUT2D eigenvalue weighted by Crippen LogP contribution is 2.09. The maximum atomic E-state index is 5.91. The molecule has 7 heteroatoms. The van der Waals surface area contributed by atoms with Crippen molar-refractivity contribution >= 4 is 23.5 Å². The first-order valence-corrected chi connectivity index (χ1v) is 6.44. The lowest BCUT2D eigenvalue weighted by Gasteiger charge is -2.35. The van der Waals surface area contributed by atoms with Crippen LogP contribution < -0.4 is 10.6 Å². The molecule has 0 spiro atoms. The molecule has 1 aliphatic heterocycles. The number of anilines is 1. The van der Waals surface area contributed by atoms with E-state index in [0.717, 1.165) is 32.1 Å². The van der Waals surface area contributed by atoms with Gasteiger partial charge in [-0.15, -0.1) is 0 Å². The quantitative estimate of drug-likeness (QED) is 0.651. The molecule has 1 aromatic heterocycles. The first-order valence-electron chi connectivity index (χ1n) is 6.07. The maximum Gasteiger partial charge on any atom is 0.225 e. The number of nitrogens with zero attached hydrogens (tertiary/aromatic N) is 5. The third kappa shape index (κ3) is 3.82. The molecule has 0 bridgehead atoms. The molecule has 1 fully saturated rings. The van der Waals surface area contributed by atoms with Crippen molar-refractivity contribution in [3.63, 3.8) is 0 Å². The number of nitrogens with two attached hydrogens (primary N) is 1. The lowest BCUT2D eigenvalue weighted by atomic mass is 10.3. The largest absolute Gasteiger partial charge is 0.370 e. The number of aliphatic imine (C=N–C) groups is 1. The van der Waals surface area contributed by atoms with Crippen LogP contribution >= 0.6 is 11.6 Å². The Morgan fingerprint density at radius 3 is 2.53 bits per heavy atom. The SMILES string of the molecule is C=C(Cl)CN=C(N)N1CCN(c2ncccn2)CC1. The van der Waals surface area contributed by atoms with Crippen molar-refractivity contribution in [3.8, 4) is 0 Å². The number of guanidine groups is 1. The monoisotopic (exact) mass is 280 g/mol. The molecule has 0 amide bonds. The molecule has 2 heterocycles. The summed E-state index contributed by atoms with van der Waals surface area (Å²) in [5, 5.41) is 0.485. The fraction of sp³-hybridized carbons (Fsp3) is 0.417. The molecule has 0 radical (unpaired) electrons. The van der Waals surface area contributed by atoms with E-state index in [0.29, 0.717) is 17.5 Å². The zero-order chi connectivity index (χ0) is 13.7. The van der Waals surface area contributed by atoms with E-state index in [1.54, 1.807) is 12.4 Å². The van der Waals surface area contributed by atoms with Crippen LogP contribution in [0.4, 0.5) is 5.95 Å². The molecule has 0 unspecified atom stereocenters. The van der Waals surface area contributed by atoms with Crippen LogP contribution in [0.2, 0.25) is 0 Å². The average molecular weight is 281 g/mol. The third-order valence-corrected chi connectivity index (χ3v) is 2.97. The zero-order valence-corrected chi connectivity index (χ0v) is 11.4. The van der Waals surface area contributed by atoms with Gasteiger partial charge in [-0.25, -0.2) is 15.0 Å². The molecule has 6 nitrogen and oxygen atoms in total. The number of rotatable bonds is 3. The lowest BCUT2D eigenvalue weighted by molar-refractivity contribution is 0.378. The van der Waals surface area contributed by atoms with Crippen molar-refractivity contribution in [2.45, 2.75) is 0 Å². The molecule has 1 aliphatic rings. The molecule has 1 saturated heterocycles. The van der Waals surface area contributed by atoms with Gasteiger partial charge in [-0.3, -0.25) is 0 Å². The van der Waals surface area contributed by atoms with E-state index >= 15 is 0 Å². The Balaban J connectivity index is 1.89. The van der Waals surface area contributed by atoms with Crippen molar-refractivity contribution in [2.24, 2.45) is 10.7 Å². The summed E-state index contributed by atoms with van der Waals surface area (Å²) >= 11 is 5.66. The zero-order valence-electron chi connectivity index (χ0n) is 10.7. The fourth-order valence-corrected chi connectivity index (χ4v) is 1.92. The van der Waals surface area contributed by atoms with Crippen molar-refractivity contribution < 1.29 is 0 Å². The molecule has 0 saturated carbocycles. The molecule has 102 valence electrons. The fourth-order valence-electron chi connectivity index (χ4n) is 1.86. The smallest absolute Gasteiger partial charge is 0.225 e. The molecular formula is C12H17ClN6. The number of aromatic nitrogens is 2. The summed E-state index contributed by atoms with van der Waals surface area (Å²) in [5.41, 5.74) is 5.91. The van der Waals surface area contributed by atoms with Gasteiger partial charge in [-0.2, -0.15) is 0 Å². The van der Waals surface area contributed by atoms with Gasteiger partial charge < -0.3 is 15.5 Å². The number of halogens is 1. The van der Waals surface area contributed by atoms with Gasteiger partial charge in [0.1, 0.15) is 0 Å². The van der Waals surface area contributed by atoms with Crippen LogP contribution in [0.25, 0.3) is 0 Å². The molecular weight excluding hydrogens is 264 g/mol. The van der Waals surface area contributed by atoms with Gasteiger partial charge in [0.25, 0.3) is 0 Å². The van der Waals surface area contributed by atoms with Crippen molar-refractivity contribution in [3.05, 3.63) is 30.1 Å². The van der Waals surface area contributed by atoms with Gasteiger partial charge >= 0.3 is 0 Å². The van der Waals surface area contributed by atoms with E-state index in [2.05, 4.69) is 26.4 Å². The normalized spacial score (nSPS) is 16.6. The lowest BCUT2D eigenvalue weighted by Crippen LogP contribution is -2.51. The maximum absolute atomic E-state index is 5.91. The van der Waals surface area contributed by atoms with Crippen molar-refractivity contribution in [1.29, 1.82) is 0 Å². The first kappa shape index (κ1) is 13.6. The summed E-state index contributed by atoms with van der Waals surface area (Å²) in [5.74, 6) is 1.27. The minimum atomic E-state index is 0.357. The van der Waals surface area contributed by atoms with E-state index < -0.39 is 0 Å². The summed E-state index contributed by atoms with van der Waals surface area (Å²) in [6.45, 7) is 7.17. The number of piperazine rings is 1. The summed E-state index contributed by atoms with van der Waals surface area (Å²) < 4.78 is 0. The van der Waals surface area contributed by atoms with Gasteiger partial charge in [0.15, 0.2) is 5.96 Å². The van der Waals surface area contributed by atoms with Crippen LogP contribution in [0.3, 0.4) is 0 Å². The summed E-state index contributed by atoms with van der Waals surface area (Å²) in [4.78, 5) is 16.8. The second-order valence-corrected chi connectivity index (χ2v) is 4.75. The summed E-state index contributed by atoms with van der Waals surface area (Å²) in [7, 11) is 0. The van der Waals surface area contributed by atoms with Gasteiger partial charge in [0, 0.05) is 43.6 Å². The Bertz CT molecular complexity index is 453. The molecule has 1 aromatic rings. The average Bonchev–Trinajstić information content (AvgIpc) is 2.46. The predicted molar refractivity (Wildman–Crippen MR) is 77.3 cm³/mol. The van der Waals surface area contributed by atoms with Crippen molar-refractivity contribution in [2.75, 3.05) is 37.6 Å². The van der Waals surface area contributed by atoms with Gasteiger partial charge in [-0.1, -0.05) is 18.2 Å². The Labute approximate surface area is 117 Å². The van der Waals surface area contributed by atoms with E-state index in [1.165, 1.54) is 0 Å². The molecule has 2 rings (SSSR count). The molecule has 0 aromatic carbocycles. The van der Waals surface area contributed by atoms with Gasteiger partial charge in [0.05, 0.1) is 6.54 Å². The Morgan fingerprint density at radius 2 is 1.95 bits per heavy atom. The van der Waals surface area contributed by atoms with Crippen molar-refractivity contribution in [1.82, 2.24) is 14.9 Å². The standard InChI is InChI=1S/C12H17ClN6/c1-10(13)9-17-11(14)18-5-7-19(8-6-18)12-15-3-2-4-16-12/h2-4H,1,5-9H2,(H2,14,17). The highest BCUT2D eigenvalue weighted by Gasteiger charge is 2.19. The summed E-state index contributed by atoms with van der Waals surface area (Å²) in [6, 6.07) is 1.81. The molecule has 2 N–H and O–H groups in total. The first-order chi connectivity index (χ1) is 9.16. The predicted octanol–water partition coefficient (Wildman–Crippen LogP) is 0.666. The Morgan fingerprint density at radius 1 is 1.32 bits per heavy atom. The van der Waals surface area contributed by atoms with Crippen LogP contribution in [0, 0.1) is 0 Å². The highest BCUT2D eigenvalue weighted by molar-refractivity contribution is 6.29.